The minimum absolute atomic E-state index is 0.182. The summed E-state index contributed by atoms with van der Waals surface area (Å²) in [6.07, 6.45) is 1.83. The van der Waals surface area contributed by atoms with E-state index in [-0.39, 0.29) is 12.3 Å². The number of amides is 1. The maximum absolute atomic E-state index is 11.7. The number of carbonyl (C=O) groups excluding carboxylic acids is 1. The van der Waals surface area contributed by atoms with Gasteiger partial charge in [0.1, 0.15) is 5.75 Å². The molecular formula is C16H17N3O2. The van der Waals surface area contributed by atoms with Gasteiger partial charge in [-0.3, -0.25) is 4.79 Å². The molecule has 2 rings (SSSR count). The van der Waals surface area contributed by atoms with Crippen LogP contribution < -0.4 is 15.9 Å². The van der Waals surface area contributed by atoms with Gasteiger partial charge in [0.25, 0.3) is 0 Å². The second kappa shape index (κ2) is 7.09. The van der Waals surface area contributed by atoms with Gasteiger partial charge in [0.15, 0.2) is 0 Å². The molecule has 5 nitrogen and oxygen atoms in total. The van der Waals surface area contributed by atoms with E-state index in [0.717, 1.165) is 16.9 Å². The molecule has 3 N–H and O–H groups in total. The smallest absolute Gasteiger partial charge is 0.244 e. The lowest BCUT2D eigenvalue weighted by atomic mass is 10.1. The Labute approximate surface area is 123 Å². The maximum atomic E-state index is 11.7. The highest BCUT2D eigenvalue weighted by Crippen LogP contribution is 2.10. The summed E-state index contributed by atoms with van der Waals surface area (Å²) in [5.74, 6) is 0.561. The molecule has 2 aromatic rings. The normalized spacial score (nSPS) is 10.5. The van der Waals surface area contributed by atoms with Crippen molar-refractivity contribution in [2.75, 3.05) is 12.8 Å². The number of nitrogens with one attached hydrogen (secondary N) is 1. The standard InChI is InChI=1S/C16H17N3O2/c1-21-15-4-2-3-13(9-15)11-18-19-16(20)10-12-5-7-14(17)8-6-12/h2-9,11H,10,17H2,1H3,(H,19,20)/b18-11-. The van der Waals surface area contributed by atoms with Crippen LogP contribution in [0.15, 0.2) is 53.6 Å². The summed E-state index contributed by atoms with van der Waals surface area (Å²) in [5, 5.41) is 3.93. The van der Waals surface area contributed by atoms with Crippen molar-refractivity contribution in [3.05, 3.63) is 59.7 Å². The average molecular weight is 283 g/mol. The first-order chi connectivity index (χ1) is 10.2. The third-order valence-corrected chi connectivity index (χ3v) is 2.84. The Morgan fingerprint density at radius 1 is 1.29 bits per heavy atom. The van der Waals surface area contributed by atoms with Crippen molar-refractivity contribution in [1.29, 1.82) is 0 Å². The highest BCUT2D eigenvalue weighted by molar-refractivity contribution is 5.83. The van der Waals surface area contributed by atoms with Crippen LogP contribution in [0.4, 0.5) is 5.69 Å². The Hall–Kier alpha value is -2.82. The van der Waals surface area contributed by atoms with E-state index in [2.05, 4.69) is 10.5 Å². The van der Waals surface area contributed by atoms with Gasteiger partial charge >= 0.3 is 0 Å². The molecular weight excluding hydrogens is 266 g/mol. The van der Waals surface area contributed by atoms with Gasteiger partial charge in [0.2, 0.25) is 5.91 Å². The van der Waals surface area contributed by atoms with Gasteiger partial charge in [-0.1, -0.05) is 24.3 Å². The lowest BCUT2D eigenvalue weighted by Gasteiger charge is -2.02. The topological polar surface area (TPSA) is 76.7 Å². The zero-order valence-electron chi connectivity index (χ0n) is 11.7. The zero-order chi connectivity index (χ0) is 15.1. The van der Waals surface area contributed by atoms with Gasteiger partial charge in [-0.2, -0.15) is 5.10 Å². The lowest BCUT2D eigenvalue weighted by Crippen LogP contribution is -2.19. The van der Waals surface area contributed by atoms with Crippen LogP contribution >= 0.6 is 0 Å². The van der Waals surface area contributed by atoms with Gasteiger partial charge in [0.05, 0.1) is 19.7 Å². The van der Waals surface area contributed by atoms with E-state index in [1.807, 2.05) is 36.4 Å². The van der Waals surface area contributed by atoms with Gasteiger partial charge < -0.3 is 10.5 Å². The van der Waals surface area contributed by atoms with Crippen molar-refractivity contribution in [3.8, 4) is 5.75 Å². The van der Waals surface area contributed by atoms with Crippen LogP contribution in [0, 0.1) is 0 Å². The van der Waals surface area contributed by atoms with Crippen LogP contribution in [-0.2, 0) is 11.2 Å². The second-order valence-corrected chi connectivity index (χ2v) is 4.49. The largest absolute Gasteiger partial charge is 0.497 e. The van der Waals surface area contributed by atoms with E-state index in [1.54, 1.807) is 25.5 Å². The third kappa shape index (κ3) is 4.65. The molecule has 0 aliphatic heterocycles. The molecule has 0 aliphatic carbocycles. The SMILES string of the molecule is COc1cccc(/C=N\NC(=O)Cc2ccc(N)cc2)c1. The molecule has 0 bridgehead atoms. The Morgan fingerprint density at radius 2 is 2.05 bits per heavy atom. The first kappa shape index (κ1) is 14.6. The summed E-state index contributed by atoms with van der Waals surface area (Å²) in [4.78, 5) is 11.7. The van der Waals surface area contributed by atoms with E-state index < -0.39 is 0 Å². The average Bonchev–Trinajstić information content (AvgIpc) is 2.50. The summed E-state index contributed by atoms with van der Waals surface area (Å²) in [6.45, 7) is 0. The quantitative estimate of drug-likeness (QED) is 0.500. The molecule has 0 unspecified atom stereocenters. The van der Waals surface area contributed by atoms with Gasteiger partial charge in [0, 0.05) is 5.69 Å². The molecule has 1 amide bonds. The highest BCUT2D eigenvalue weighted by Gasteiger charge is 2.01. The number of ether oxygens (including phenoxy) is 1. The maximum Gasteiger partial charge on any atom is 0.244 e. The fraction of sp³-hybridized carbons (Fsp3) is 0.125. The first-order valence-electron chi connectivity index (χ1n) is 6.48. The molecule has 0 saturated heterocycles. The number of nitrogens with zero attached hydrogens (tertiary/aromatic N) is 1. The monoisotopic (exact) mass is 283 g/mol. The number of anilines is 1. The number of nitrogen functional groups attached to an aromatic ring is 1. The Balaban J connectivity index is 1.88. The number of hydrazone groups is 1. The van der Waals surface area contributed by atoms with Gasteiger partial charge in [-0.05, 0) is 35.4 Å². The van der Waals surface area contributed by atoms with Crippen molar-refractivity contribution in [3.63, 3.8) is 0 Å². The molecule has 0 fully saturated rings. The highest BCUT2D eigenvalue weighted by atomic mass is 16.5. The molecule has 0 heterocycles. The third-order valence-electron chi connectivity index (χ3n) is 2.84. The van der Waals surface area contributed by atoms with Crippen molar-refractivity contribution < 1.29 is 9.53 Å². The summed E-state index contributed by atoms with van der Waals surface area (Å²) >= 11 is 0. The van der Waals surface area contributed by atoms with E-state index in [1.165, 1.54) is 0 Å². The van der Waals surface area contributed by atoms with E-state index in [9.17, 15) is 4.79 Å². The Bertz CT molecular complexity index is 636. The Kier molecular flexibility index (Phi) is 4.93. The predicted octanol–water partition coefficient (Wildman–Crippen LogP) is 1.97. The summed E-state index contributed by atoms with van der Waals surface area (Å²) in [6, 6.07) is 14.6. The molecule has 2 aromatic carbocycles. The second-order valence-electron chi connectivity index (χ2n) is 4.49. The fourth-order valence-corrected chi connectivity index (χ4v) is 1.76. The number of carbonyl (C=O) groups is 1. The minimum Gasteiger partial charge on any atom is -0.497 e. The molecule has 0 aromatic heterocycles. The number of methoxy groups -OCH3 is 1. The lowest BCUT2D eigenvalue weighted by molar-refractivity contribution is -0.120. The van der Waals surface area contributed by atoms with Crippen molar-refractivity contribution >= 4 is 17.8 Å². The summed E-state index contributed by atoms with van der Waals surface area (Å²) in [7, 11) is 1.60. The van der Waals surface area contributed by atoms with Crippen LogP contribution in [0.1, 0.15) is 11.1 Å². The molecule has 108 valence electrons. The van der Waals surface area contributed by atoms with Crippen LogP contribution in [0.3, 0.4) is 0 Å². The molecule has 21 heavy (non-hydrogen) atoms. The van der Waals surface area contributed by atoms with Crippen molar-refractivity contribution in [2.24, 2.45) is 5.10 Å². The summed E-state index contributed by atoms with van der Waals surface area (Å²) < 4.78 is 5.11. The number of hydrogen-bond acceptors (Lipinski definition) is 4. The molecule has 0 radical (unpaired) electrons. The van der Waals surface area contributed by atoms with E-state index in [0.29, 0.717) is 5.69 Å². The van der Waals surface area contributed by atoms with Crippen LogP contribution in [0.25, 0.3) is 0 Å². The van der Waals surface area contributed by atoms with Crippen molar-refractivity contribution in [2.45, 2.75) is 6.42 Å². The zero-order valence-corrected chi connectivity index (χ0v) is 11.7. The molecule has 0 spiro atoms. The van der Waals surface area contributed by atoms with Crippen LogP contribution in [-0.4, -0.2) is 19.2 Å². The summed E-state index contributed by atoms with van der Waals surface area (Å²) in [5.41, 5.74) is 10.5. The van der Waals surface area contributed by atoms with Crippen molar-refractivity contribution in [1.82, 2.24) is 5.43 Å². The Morgan fingerprint density at radius 3 is 2.76 bits per heavy atom. The fourth-order valence-electron chi connectivity index (χ4n) is 1.76. The molecule has 0 saturated carbocycles. The van der Waals surface area contributed by atoms with Gasteiger partial charge in [-0.15, -0.1) is 0 Å². The number of benzene rings is 2. The minimum atomic E-state index is -0.182. The van der Waals surface area contributed by atoms with Crippen LogP contribution in [0.5, 0.6) is 5.75 Å². The number of nitrogens with two attached hydrogens (primary N) is 1. The molecule has 5 heteroatoms. The first-order valence-corrected chi connectivity index (χ1v) is 6.48. The number of rotatable bonds is 5. The molecule has 0 aliphatic rings. The van der Waals surface area contributed by atoms with Gasteiger partial charge in [-0.25, -0.2) is 5.43 Å². The molecule has 0 atom stereocenters. The van der Waals surface area contributed by atoms with E-state index in [4.69, 9.17) is 10.5 Å². The number of hydrogen-bond donors (Lipinski definition) is 2. The van der Waals surface area contributed by atoms with E-state index >= 15 is 0 Å². The van der Waals surface area contributed by atoms with Crippen LogP contribution in [0.2, 0.25) is 0 Å². The predicted molar refractivity (Wildman–Crippen MR) is 83.3 cm³/mol.